The van der Waals surface area contributed by atoms with Crippen LogP contribution in [-0.4, -0.2) is 28.6 Å². The van der Waals surface area contributed by atoms with Crippen molar-refractivity contribution in [3.05, 3.63) is 88.4 Å². The number of hydrogen-bond donors (Lipinski definition) is 3. The van der Waals surface area contributed by atoms with Gasteiger partial charge in [0.15, 0.2) is 0 Å². The molecule has 0 spiro atoms. The number of carboxylic acid groups (broad SMARTS) is 1. The van der Waals surface area contributed by atoms with Crippen molar-refractivity contribution in [3.8, 4) is 0 Å². The third-order valence-corrected chi connectivity index (χ3v) is 5.62. The standard InChI is InChI=1S/C23H19ClN2O4S/c1-14-2-4-15(5-3-14)22(28)26-16-6-9-18(10-7-16)31-13-21(27)25-17-8-11-20(24)19(12-17)23(29)30/h2-12H,13H2,1H3,(H,25,27)(H,26,28)(H,29,30). The second-order valence-electron chi connectivity index (χ2n) is 6.68. The Labute approximate surface area is 188 Å². The molecule has 3 aromatic rings. The van der Waals surface area contributed by atoms with Crippen molar-refractivity contribution in [2.75, 3.05) is 16.4 Å². The van der Waals surface area contributed by atoms with Crippen LogP contribution in [0.5, 0.6) is 0 Å². The third kappa shape index (κ3) is 6.34. The minimum Gasteiger partial charge on any atom is -0.478 e. The van der Waals surface area contributed by atoms with Crippen LogP contribution in [0.25, 0.3) is 0 Å². The van der Waals surface area contributed by atoms with Crippen molar-refractivity contribution >= 4 is 52.5 Å². The number of anilines is 2. The zero-order valence-corrected chi connectivity index (χ0v) is 18.1. The molecule has 0 aromatic heterocycles. The molecule has 0 saturated heterocycles. The number of nitrogens with one attached hydrogen (secondary N) is 2. The van der Waals surface area contributed by atoms with Gasteiger partial charge < -0.3 is 15.7 Å². The maximum absolute atomic E-state index is 12.3. The van der Waals surface area contributed by atoms with Crippen LogP contribution in [-0.2, 0) is 4.79 Å². The Morgan fingerprint density at radius 2 is 1.55 bits per heavy atom. The summed E-state index contributed by atoms with van der Waals surface area (Å²) in [6.07, 6.45) is 0. The summed E-state index contributed by atoms with van der Waals surface area (Å²) in [6.45, 7) is 1.96. The lowest BCUT2D eigenvalue weighted by Crippen LogP contribution is -2.14. The predicted molar refractivity (Wildman–Crippen MR) is 123 cm³/mol. The van der Waals surface area contributed by atoms with Crippen molar-refractivity contribution < 1.29 is 19.5 Å². The first-order chi connectivity index (χ1) is 14.8. The molecule has 0 radical (unpaired) electrons. The number of thioether (sulfide) groups is 1. The van der Waals surface area contributed by atoms with Crippen molar-refractivity contribution in [1.82, 2.24) is 0 Å². The van der Waals surface area contributed by atoms with Crippen molar-refractivity contribution in [2.24, 2.45) is 0 Å². The van der Waals surface area contributed by atoms with Gasteiger partial charge in [-0.1, -0.05) is 29.3 Å². The van der Waals surface area contributed by atoms with Crippen LogP contribution >= 0.6 is 23.4 Å². The molecule has 31 heavy (non-hydrogen) atoms. The van der Waals surface area contributed by atoms with Crippen LogP contribution in [0.4, 0.5) is 11.4 Å². The molecule has 3 aromatic carbocycles. The average Bonchev–Trinajstić information content (AvgIpc) is 2.75. The van der Waals surface area contributed by atoms with E-state index in [9.17, 15) is 14.4 Å². The molecule has 3 rings (SSSR count). The number of aromatic carboxylic acids is 1. The lowest BCUT2D eigenvalue weighted by Gasteiger charge is -2.08. The number of rotatable bonds is 7. The fourth-order valence-corrected chi connectivity index (χ4v) is 3.55. The first-order valence-corrected chi connectivity index (χ1v) is 10.6. The SMILES string of the molecule is Cc1ccc(C(=O)Nc2ccc(SCC(=O)Nc3ccc(Cl)c(C(=O)O)c3)cc2)cc1. The van der Waals surface area contributed by atoms with E-state index in [1.165, 1.54) is 23.9 Å². The number of hydrogen-bond acceptors (Lipinski definition) is 4. The lowest BCUT2D eigenvalue weighted by molar-refractivity contribution is -0.113. The molecule has 0 heterocycles. The zero-order valence-electron chi connectivity index (χ0n) is 16.5. The molecular weight excluding hydrogens is 436 g/mol. The molecule has 0 aliphatic carbocycles. The Morgan fingerprint density at radius 1 is 0.903 bits per heavy atom. The van der Waals surface area contributed by atoms with Gasteiger partial charge in [0.2, 0.25) is 5.91 Å². The van der Waals surface area contributed by atoms with Gasteiger partial charge in [-0.3, -0.25) is 9.59 Å². The molecule has 0 aliphatic heterocycles. The minimum absolute atomic E-state index is 0.0737. The topological polar surface area (TPSA) is 95.5 Å². The Morgan fingerprint density at radius 3 is 2.19 bits per heavy atom. The summed E-state index contributed by atoms with van der Waals surface area (Å²) in [5, 5.41) is 14.7. The summed E-state index contributed by atoms with van der Waals surface area (Å²) in [5.74, 6) is -1.49. The van der Waals surface area contributed by atoms with Gasteiger partial charge in [0.05, 0.1) is 16.3 Å². The van der Waals surface area contributed by atoms with Crippen molar-refractivity contribution in [2.45, 2.75) is 11.8 Å². The second kappa shape index (κ2) is 10.1. The first kappa shape index (κ1) is 22.4. The number of carboxylic acids is 1. The number of benzene rings is 3. The first-order valence-electron chi connectivity index (χ1n) is 9.25. The van der Waals surface area contributed by atoms with Crippen LogP contribution < -0.4 is 10.6 Å². The Balaban J connectivity index is 1.52. The number of amides is 2. The van der Waals surface area contributed by atoms with Gasteiger partial charge in [-0.25, -0.2) is 4.79 Å². The number of carbonyl (C=O) groups is 3. The highest BCUT2D eigenvalue weighted by Crippen LogP contribution is 2.23. The quantitative estimate of drug-likeness (QED) is 0.419. The van der Waals surface area contributed by atoms with Crippen LogP contribution in [0, 0.1) is 6.92 Å². The summed E-state index contributed by atoms with van der Waals surface area (Å²) in [5.41, 5.74) is 2.60. The number of halogens is 1. The summed E-state index contributed by atoms with van der Waals surface area (Å²) in [7, 11) is 0. The fourth-order valence-electron chi connectivity index (χ4n) is 2.66. The molecule has 0 fully saturated rings. The van der Waals surface area contributed by atoms with Crippen molar-refractivity contribution in [1.29, 1.82) is 0 Å². The van der Waals surface area contributed by atoms with E-state index in [0.717, 1.165) is 10.5 Å². The van der Waals surface area contributed by atoms with Gasteiger partial charge in [-0.2, -0.15) is 0 Å². The van der Waals surface area contributed by atoms with Crippen LogP contribution in [0.2, 0.25) is 5.02 Å². The van der Waals surface area contributed by atoms with E-state index in [-0.39, 0.29) is 28.2 Å². The van der Waals surface area contributed by atoms with E-state index in [0.29, 0.717) is 16.9 Å². The smallest absolute Gasteiger partial charge is 0.337 e. The van der Waals surface area contributed by atoms with E-state index in [2.05, 4.69) is 10.6 Å². The molecule has 8 heteroatoms. The number of aryl methyl sites for hydroxylation is 1. The van der Waals surface area contributed by atoms with Crippen LogP contribution in [0.1, 0.15) is 26.3 Å². The fraction of sp³-hybridized carbons (Fsp3) is 0.0870. The molecule has 0 bridgehead atoms. The van der Waals surface area contributed by atoms with E-state index in [1.54, 1.807) is 30.3 Å². The maximum atomic E-state index is 12.3. The Kier molecular flexibility index (Phi) is 7.33. The highest BCUT2D eigenvalue weighted by molar-refractivity contribution is 8.00. The zero-order chi connectivity index (χ0) is 22.4. The summed E-state index contributed by atoms with van der Waals surface area (Å²) in [4.78, 5) is 36.4. The summed E-state index contributed by atoms with van der Waals surface area (Å²) >= 11 is 7.15. The van der Waals surface area contributed by atoms with Crippen LogP contribution in [0.3, 0.4) is 0 Å². The van der Waals surface area contributed by atoms with Crippen molar-refractivity contribution in [3.63, 3.8) is 0 Å². The average molecular weight is 455 g/mol. The lowest BCUT2D eigenvalue weighted by atomic mass is 10.1. The molecule has 2 amide bonds. The number of carbonyl (C=O) groups excluding carboxylic acids is 2. The molecule has 158 valence electrons. The summed E-state index contributed by atoms with van der Waals surface area (Å²) in [6, 6.07) is 18.8. The normalized spacial score (nSPS) is 10.4. The molecule has 6 nitrogen and oxygen atoms in total. The molecular formula is C23H19ClN2O4S. The molecule has 3 N–H and O–H groups in total. The van der Waals surface area contributed by atoms with Gasteiger partial charge in [0.1, 0.15) is 0 Å². The van der Waals surface area contributed by atoms with E-state index in [4.69, 9.17) is 16.7 Å². The minimum atomic E-state index is -1.16. The predicted octanol–water partition coefficient (Wildman–Crippen LogP) is 5.33. The van der Waals surface area contributed by atoms with Gasteiger partial charge in [-0.05, 0) is 61.5 Å². The third-order valence-electron chi connectivity index (χ3n) is 4.28. The van der Waals surface area contributed by atoms with E-state index >= 15 is 0 Å². The Bertz CT molecular complexity index is 1120. The molecule has 0 saturated carbocycles. The molecule has 0 unspecified atom stereocenters. The van der Waals surface area contributed by atoms with E-state index in [1.807, 2.05) is 31.2 Å². The van der Waals surface area contributed by atoms with Gasteiger partial charge >= 0.3 is 5.97 Å². The van der Waals surface area contributed by atoms with Crippen LogP contribution in [0.15, 0.2) is 71.6 Å². The van der Waals surface area contributed by atoms with Gasteiger partial charge in [0.25, 0.3) is 5.91 Å². The summed E-state index contributed by atoms with van der Waals surface area (Å²) < 4.78 is 0. The largest absolute Gasteiger partial charge is 0.478 e. The maximum Gasteiger partial charge on any atom is 0.337 e. The Hall–Kier alpha value is -3.29. The van der Waals surface area contributed by atoms with Gasteiger partial charge in [-0.15, -0.1) is 11.8 Å². The monoisotopic (exact) mass is 454 g/mol. The highest BCUT2D eigenvalue weighted by Gasteiger charge is 2.11. The highest BCUT2D eigenvalue weighted by atomic mass is 35.5. The molecule has 0 aliphatic rings. The van der Waals surface area contributed by atoms with Gasteiger partial charge in [0, 0.05) is 21.8 Å². The molecule has 0 atom stereocenters. The van der Waals surface area contributed by atoms with E-state index < -0.39 is 5.97 Å². The second-order valence-corrected chi connectivity index (χ2v) is 8.14.